The maximum Gasteiger partial charge on any atom is 0.244 e. The van der Waals surface area contributed by atoms with Gasteiger partial charge in [0.2, 0.25) is 15.9 Å². The number of para-hydroxylation sites is 1. The number of carbonyl (C=O) groups excluding carboxylic acids is 1. The molecule has 11 heteroatoms. The van der Waals surface area contributed by atoms with Crippen molar-refractivity contribution in [3.8, 4) is 5.75 Å². The van der Waals surface area contributed by atoms with Gasteiger partial charge in [-0.15, -0.1) is 0 Å². The molecule has 1 heterocycles. The third kappa shape index (κ3) is 5.83. The van der Waals surface area contributed by atoms with Gasteiger partial charge in [-0.05, 0) is 43.0 Å². The number of nitrogens with zero attached hydrogens (tertiary/aromatic N) is 1. The fourth-order valence-electron chi connectivity index (χ4n) is 3.31. The van der Waals surface area contributed by atoms with E-state index in [-0.39, 0.29) is 26.4 Å². The summed E-state index contributed by atoms with van der Waals surface area (Å²) >= 11 is 12.0. The first-order valence-electron chi connectivity index (χ1n) is 10.0. The maximum atomic E-state index is 14.0. The first kappa shape index (κ1) is 24.6. The van der Waals surface area contributed by atoms with E-state index in [2.05, 4.69) is 11.6 Å². The summed E-state index contributed by atoms with van der Waals surface area (Å²) < 4.78 is 47.8. The highest BCUT2D eigenvalue weighted by Gasteiger charge is 2.32. The van der Waals surface area contributed by atoms with Crippen LogP contribution < -0.4 is 15.2 Å². The van der Waals surface area contributed by atoms with Crippen LogP contribution in [0.4, 0.5) is 10.1 Å². The zero-order chi connectivity index (χ0) is 23.5. The first-order chi connectivity index (χ1) is 15.1. The fraction of sp³-hybridized carbons (Fsp3) is 0.381. The number of nitrogens with two attached hydrogens (primary N) is 1. The summed E-state index contributed by atoms with van der Waals surface area (Å²) in [6, 6.07) is 6.68. The topological polar surface area (TPSA) is 102 Å². The summed E-state index contributed by atoms with van der Waals surface area (Å²) in [6.07, 6.45) is 1.62. The first-order valence-corrected chi connectivity index (χ1v) is 12.3. The molecule has 2 aromatic carbocycles. The summed E-state index contributed by atoms with van der Waals surface area (Å²) in [4.78, 5) is 14.5. The van der Waals surface area contributed by atoms with E-state index >= 15 is 0 Å². The molecule has 1 fully saturated rings. The molecule has 32 heavy (non-hydrogen) atoms. The number of likely N-dealkylation sites (tertiary alicyclic amines) is 1. The Hall–Kier alpha value is -2.07. The van der Waals surface area contributed by atoms with Gasteiger partial charge < -0.3 is 15.4 Å². The Morgan fingerprint density at radius 2 is 1.84 bits per heavy atom. The highest BCUT2D eigenvalue weighted by Crippen LogP contribution is 2.31. The Bertz CT molecular complexity index is 1070. The SMILES string of the molecule is CC1CCN(C(=O)C(COc2ccccc2F)NS(=O)(=O)c2cc(Cl)c(N)c(Cl)c2)CC1. The number of hydrogen-bond acceptors (Lipinski definition) is 5. The van der Waals surface area contributed by atoms with Crippen molar-refractivity contribution < 1.29 is 22.3 Å². The van der Waals surface area contributed by atoms with Gasteiger partial charge in [0, 0.05) is 13.1 Å². The molecule has 1 atom stereocenters. The van der Waals surface area contributed by atoms with Gasteiger partial charge in [0.1, 0.15) is 12.6 Å². The van der Waals surface area contributed by atoms with Crippen LogP contribution in [0.25, 0.3) is 0 Å². The molecule has 0 aromatic heterocycles. The van der Waals surface area contributed by atoms with Crippen LogP contribution >= 0.6 is 23.2 Å². The number of hydrogen-bond donors (Lipinski definition) is 2. The lowest BCUT2D eigenvalue weighted by Crippen LogP contribution is -2.53. The lowest BCUT2D eigenvalue weighted by Gasteiger charge is -2.33. The molecule has 7 nitrogen and oxygen atoms in total. The predicted molar refractivity (Wildman–Crippen MR) is 122 cm³/mol. The Morgan fingerprint density at radius 3 is 2.44 bits per heavy atom. The van der Waals surface area contributed by atoms with Gasteiger partial charge in [0.15, 0.2) is 11.6 Å². The van der Waals surface area contributed by atoms with Crippen molar-refractivity contribution in [3.63, 3.8) is 0 Å². The fourth-order valence-corrected chi connectivity index (χ4v) is 5.15. The smallest absolute Gasteiger partial charge is 0.244 e. The van der Waals surface area contributed by atoms with Gasteiger partial charge in [-0.25, -0.2) is 12.8 Å². The number of nitrogens with one attached hydrogen (secondary N) is 1. The molecule has 2 aromatic rings. The van der Waals surface area contributed by atoms with E-state index in [1.54, 1.807) is 11.0 Å². The number of carbonyl (C=O) groups is 1. The zero-order valence-corrected chi connectivity index (χ0v) is 19.7. The minimum atomic E-state index is -4.23. The van der Waals surface area contributed by atoms with Gasteiger partial charge in [-0.2, -0.15) is 4.72 Å². The number of anilines is 1. The van der Waals surface area contributed by atoms with Crippen LogP contribution in [0.5, 0.6) is 5.75 Å². The molecule has 0 bridgehead atoms. The molecule has 1 saturated heterocycles. The number of nitrogen functional groups attached to an aromatic ring is 1. The molecule has 174 valence electrons. The van der Waals surface area contributed by atoms with Crippen molar-refractivity contribution >= 4 is 44.8 Å². The Morgan fingerprint density at radius 1 is 1.25 bits per heavy atom. The van der Waals surface area contributed by atoms with Crippen molar-refractivity contribution in [2.45, 2.75) is 30.7 Å². The molecule has 3 N–H and O–H groups in total. The number of rotatable bonds is 7. The minimum Gasteiger partial charge on any atom is -0.488 e. The summed E-state index contributed by atoms with van der Waals surface area (Å²) in [5.41, 5.74) is 5.73. The molecule has 1 unspecified atom stereocenters. The van der Waals surface area contributed by atoms with E-state index in [0.29, 0.717) is 19.0 Å². The molecule has 1 aliphatic rings. The number of sulfonamides is 1. The van der Waals surface area contributed by atoms with Crippen molar-refractivity contribution in [1.29, 1.82) is 0 Å². The van der Waals surface area contributed by atoms with E-state index in [1.807, 2.05) is 0 Å². The van der Waals surface area contributed by atoms with Gasteiger partial charge in [-0.3, -0.25) is 4.79 Å². The zero-order valence-electron chi connectivity index (χ0n) is 17.4. The third-order valence-electron chi connectivity index (χ3n) is 5.30. The molecule has 0 aliphatic carbocycles. The molecule has 0 radical (unpaired) electrons. The Kier molecular flexibility index (Phi) is 7.87. The van der Waals surface area contributed by atoms with Crippen LogP contribution in [0.15, 0.2) is 41.3 Å². The maximum absolute atomic E-state index is 14.0. The molecule has 0 spiro atoms. The summed E-state index contributed by atoms with van der Waals surface area (Å²) in [7, 11) is -4.23. The average molecular weight is 504 g/mol. The lowest BCUT2D eigenvalue weighted by molar-refractivity contribution is -0.135. The number of piperidine rings is 1. The van der Waals surface area contributed by atoms with Crippen molar-refractivity contribution in [2.24, 2.45) is 5.92 Å². The molecular formula is C21H24Cl2FN3O4S. The largest absolute Gasteiger partial charge is 0.488 e. The number of halogens is 3. The van der Waals surface area contributed by atoms with Crippen molar-refractivity contribution in [1.82, 2.24) is 9.62 Å². The van der Waals surface area contributed by atoms with Gasteiger partial charge >= 0.3 is 0 Å². The van der Waals surface area contributed by atoms with Crippen LogP contribution in [0.3, 0.4) is 0 Å². The second-order valence-corrected chi connectivity index (χ2v) is 10.3. The summed E-state index contributed by atoms with van der Waals surface area (Å²) in [5.74, 6) is -0.687. The van der Waals surface area contributed by atoms with E-state index in [4.69, 9.17) is 33.7 Å². The third-order valence-corrected chi connectivity index (χ3v) is 7.37. The van der Waals surface area contributed by atoms with Gasteiger partial charge in [0.05, 0.1) is 20.6 Å². The van der Waals surface area contributed by atoms with E-state index in [9.17, 15) is 17.6 Å². The quantitative estimate of drug-likeness (QED) is 0.560. The minimum absolute atomic E-state index is 0.0339. The molecule has 3 rings (SSSR count). The van der Waals surface area contributed by atoms with Crippen molar-refractivity contribution in [2.75, 3.05) is 25.4 Å². The van der Waals surface area contributed by atoms with E-state index < -0.39 is 34.4 Å². The van der Waals surface area contributed by atoms with Crippen LogP contribution in [-0.2, 0) is 14.8 Å². The highest BCUT2D eigenvalue weighted by atomic mass is 35.5. The Balaban J connectivity index is 1.85. The van der Waals surface area contributed by atoms with Crippen molar-refractivity contribution in [3.05, 3.63) is 52.3 Å². The van der Waals surface area contributed by atoms with E-state index in [0.717, 1.165) is 25.0 Å². The second kappa shape index (κ2) is 10.2. The number of ether oxygens (including phenoxy) is 1. The van der Waals surface area contributed by atoms with Crippen LogP contribution in [0.2, 0.25) is 10.0 Å². The highest BCUT2D eigenvalue weighted by molar-refractivity contribution is 7.89. The summed E-state index contributed by atoms with van der Waals surface area (Å²) in [5, 5.41) is -0.0678. The summed E-state index contributed by atoms with van der Waals surface area (Å²) in [6.45, 7) is 2.69. The molecule has 1 amide bonds. The normalized spacial score (nSPS) is 16.1. The average Bonchev–Trinajstić information content (AvgIpc) is 2.75. The molecular weight excluding hydrogens is 480 g/mol. The molecule has 1 aliphatic heterocycles. The van der Waals surface area contributed by atoms with Gasteiger partial charge in [-0.1, -0.05) is 42.3 Å². The molecule has 0 saturated carbocycles. The second-order valence-electron chi connectivity index (χ2n) is 7.72. The number of benzene rings is 2. The Labute approximate surface area is 196 Å². The van der Waals surface area contributed by atoms with Gasteiger partial charge in [0.25, 0.3) is 0 Å². The standard InChI is InChI=1S/C21H24Cl2FN3O4S/c1-13-6-8-27(9-7-13)21(28)18(12-31-19-5-3-2-4-17(19)24)26-32(29,30)14-10-15(22)20(25)16(23)11-14/h2-5,10-11,13,18,26H,6-9,12,25H2,1H3. The number of amides is 1. The lowest BCUT2D eigenvalue weighted by atomic mass is 9.99. The van der Waals surface area contributed by atoms with Crippen LogP contribution in [-0.4, -0.2) is 45.0 Å². The monoisotopic (exact) mass is 503 g/mol. The van der Waals surface area contributed by atoms with Crippen LogP contribution in [0, 0.1) is 11.7 Å². The predicted octanol–water partition coefficient (Wildman–Crippen LogP) is 3.70. The van der Waals surface area contributed by atoms with Crippen LogP contribution in [0.1, 0.15) is 19.8 Å². The van der Waals surface area contributed by atoms with E-state index in [1.165, 1.54) is 18.2 Å².